The van der Waals surface area contributed by atoms with E-state index in [-0.39, 0.29) is 23.9 Å². The van der Waals surface area contributed by atoms with Gasteiger partial charge in [-0.3, -0.25) is 4.79 Å². The van der Waals surface area contributed by atoms with Gasteiger partial charge in [-0.25, -0.2) is 0 Å². The monoisotopic (exact) mass is 198 g/mol. The third-order valence-electron chi connectivity index (χ3n) is 3.11. The molecule has 14 heavy (non-hydrogen) atoms. The van der Waals surface area contributed by atoms with Gasteiger partial charge in [0.05, 0.1) is 12.7 Å². The summed E-state index contributed by atoms with van der Waals surface area (Å²) in [5.41, 5.74) is 0. The summed E-state index contributed by atoms with van der Waals surface area (Å²) < 4.78 is 10.9. The van der Waals surface area contributed by atoms with Gasteiger partial charge in [-0.1, -0.05) is 0 Å². The van der Waals surface area contributed by atoms with Gasteiger partial charge < -0.3 is 9.47 Å². The Bertz CT molecular complexity index is 202. The van der Waals surface area contributed by atoms with Gasteiger partial charge in [0.1, 0.15) is 6.10 Å². The maximum atomic E-state index is 11.9. The van der Waals surface area contributed by atoms with Crippen molar-refractivity contribution < 1.29 is 14.3 Å². The van der Waals surface area contributed by atoms with Crippen molar-refractivity contribution in [2.75, 3.05) is 13.2 Å². The molecular formula is C11H18O3. The van der Waals surface area contributed by atoms with Gasteiger partial charge in [0.15, 0.2) is 5.78 Å². The Kier molecular flexibility index (Phi) is 3.19. The lowest BCUT2D eigenvalue weighted by molar-refractivity contribution is -0.137. The van der Waals surface area contributed by atoms with Crippen LogP contribution in [-0.4, -0.2) is 31.2 Å². The molecule has 2 heterocycles. The molecule has 0 saturated carbocycles. The zero-order valence-corrected chi connectivity index (χ0v) is 8.70. The molecule has 3 heteroatoms. The molecule has 3 nitrogen and oxygen atoms in total. The predicted octanol–water partition coefficient (Wildman–Crippen LogP) is 1.55. The van der Waals surface area contributed by atoms with Crippen molar-refractivity contribution in [3.8, 4) is 0 Å². The first kappa shape index (κ1) is 10.1. The molecule has 0 aromatic carbocycles. The number of ketones is 1. The summed E-state index contributed by atoms with van der Waals surface area (Å²) in [7, 11) is 0. The molecule has 0 bridgehead atoms. The first-order valence-corrected chi connectivity index (χ1v) is 5.54. The molecule has 3 atom stereocenters. The van der Waals surface area contributed by atoms with E-state index >= 15 is 0 Å². The van der Waals surface area contributed by atoms with Crippen LogP contribution in [-0.2, 0) is 14.3 Å². The molecule has 2 fully saturated rings. The van der Waals surface area contributed by atoms with Crippen molar-refractivity contribution in [3.05, 3.63) is 0 Å². The minimum atomic E-state index is -0.142. The van der Waals surface area contributed by atoms with E-state index in [1.54, 1.807) is 0 Å². The van der Waals surface area contributed by atoms with Crippen LogP contribution < -0.4 is 0 Å². The fraction of sp³-hybridized carbons (Fsp3) is 0.909. The summed E-state index contributed by atoms with van der Waals surface area (Å²) in [6.07, 6.45) is 4.02. The van der Waals surface area contributed by atoms with Gasteiger partial charge in [-0.2, -0.15) is 0 Å². The second-order valence-electron chi connectivity index (χ2n) is 4.33. The third kappa shape index (κ3) is 2.15. The molecule has 0 amide bonds. The molecule has 0 radical (unpaired) electrons. The number of Topliss-reactive ketones (excluding diaryl/α,β-unsaturated/α-hetero) is 1. The van der Waals surface area contributed by atoms with Crippen molar-refractivity contribution in [2.24, 2.45) is 5.92 Å². The van der Waals surface area contributed by atoms with E-state index in [1.165, 1.54) is 0 Å². The zero-order chi connectivity index (χ0) is 9.97. The van der Waals surface area contributed by atoms with Gasteiger partial charge >= 0.3 is 0 Å². The van der Waals surface area contributed by atoms with E-state index in [2.05, 4.69) is 0 Å². The number of hydrogen-bond donors (Lipinski definition) is 0. The van der Waals surface area contributed by atoms with Crippen LogP contribution in [0.1, 0.15) is 32.6 Å². The van der Waals surface area contributed by atoms with Crippen LogP contribution in [0, 0.1) is 5.92 Å². The summed E-state index contributed by atoms with van der Waals surface area (Å²) >= 11 is 0. The Labute approximate surface area is 84.8 Å². The highest BCUT2D eigenvalue weighted by Gasteiger charge is 2.33. The standard InChI is InChI=1S/C11H18O3/c1-8-4-5-10(14-8)11(12)9-3-2-6-13-7-9/h8-10H,2-7H2,1H3. The molecule has 2 aliphatic heterocycles. The first-order chi connectivity index (χ1) is 6.77. The smallest absolute Gasteiger partial charge is 0.166 e. The van der Waals surface area contributed by atoms with E-state index in [1.807, 2.05) is 6.92 Å². The lowest BCUT2D eigenvalue weighted by atomic mass is 9.93. The average Bonchev–Trinajstić information content (AvgIpc) is 2.65. The molecule has 2 saturated heterocycles. The SMILES string of the molecule is CC1CCC(C(=O)C2CCCOC2)O1. The predicted molar refractivity (Wildman–Crippen MR) is 52.1 cm³/mol. The lowest BCUT2D eigenvalue weighted by Crippen LogP contribution is -2.33. The van der Waals surface area contributed by atoms with Crippen LogP contribution in [0.2, 0.25) is 0 Å². The molecule has 2 aliphatic rings. The van der Waals surface area contributed by atoms with Gasteiger partial charge in [0.2, 0.25) is 0 Å². The van der Waals surface area contributed by atoms with E-state index in [0.29, 0.717) is 6.61 Å². The largest absolute Gasteiger partial charge is 0.381 e. The minimum absolute atomic E-state index is 0.0963. The fourth-order valence-corrected chi connectivity index (χ4v) is 2.24. The number of carbonyl (C=O) groups excluding carboxylic acids is 1. The normalized spacial score (nSPS) is 38.5. The third-order valence-corrected chi connectivity index (χ3v) is 3.11. The van der Waals surface area contributed by atoms with Crippen LogP contribution in [0.4, 0.5) is 0 Å². The van der Waals surface area contributed by atoms with Crippen LogP contribution in [0.3, 0.4) is 0 Å². The Morgan fingerprint density at radius 2 is 2.14 bits per heavy atom. The van der Waals surface area contributed by atoms with Gasteiger partial charge in [0.25, 0.3) is 0 Å². The number of rotatable bonds is 2. The molecule has 0 aromatic heterocycles. The van der Waals surface area contributed by atoms with E-state index in [4.69, 9.17) is 9.47 Å². The van der Waals surface area contributed by atoms with Crippen molar-refractivity contribution in [2.45, 2.75) is 44.8 Å². The Balaban J connectivity index is 1.87. The minimum Gasteiger partial charge on any atom is -0.381 e. The molecule has 0 aromatic rings. The molecular weight excluding hydrogens is 180 g/mol. The van der Waals surface area contributed by atoms with Crippen LogP contribution in [0.15, 0.2) is 0 Å². The highest BCUT2D eigenvalue weighted by atomic mass is 16.5. The average molecular weight is 198 g/mol. The van der Waals surface area contributed by atoms with Crippen LogP contribution in [0.5, 0.6) is 0 Å². The lowest BCUT2D eigenvalue weighted by Gasteiger charge is -2.23. The molecule has 80 valence electrons. The van der Waals surface area contributed by atoms with Gasteiger partial charge in [-0.15, -0.1) is 0 Å². The van der Waals surface area contributed by atoms with E-state index in [9.17, 15) is 4.79 Å². The summed E-state index contributed by atoms with van der Waals surface area (Å²) in [6, 6.07) is 0. The van der Waals surface area contributed by atoms with Crippen molar-refractivity contribution in [1.29, 1.82) is 0 Å². The van der Waals surface area contributed by atoms with Crippen molar-refractivity contribution >= 4 is 5.78 Å². The van der Waals surface area contributed by atoms with Crippen molar-refractivity contribution in [3.63, 3.8) is 0 Å². The maximum Gasteiger partial charge on any atom is 0.166 e. The maximum absolute atomic E-state index is 11.9. The Morgan fingerprint density at radius 3 is 2.71 bits per heavy atom. The molecule has 0 spiro atoms. The van der Waals surface area contributed by atoms with Gasteiger partial charge in [0, 0.05) is 12.5 Å². The summed E-state index contributed by atoms with van der Waals surface area (Å²) in [6.45, 7) is 3.45. The quantitative estimate of drug-likeness (QED) is 0.675. The summed E-state index contributed by atoms with van der Waals surface area (Å²) in [5, 5.41) is 0. The zero-order valence-electron chi connectivity index (χ0n) is 8.70. The molecule has 0 aliphatic carbocycles. The van der Waals surface area contributed by atoms with Crippen LogP contribution >= 0.6 is 0 Å². The van der Waals surface area contributed by atoms with E-state index in [0.717, 1.165) is 32.3 Å². The topological polar surface area (TPSA) is 35.5 Å². The molecule has 2 rings (SSSR count). The number of ether oxygens (including phenoxy) is 2. The Hall–Kier alpha value is -0.410. The first-order valence-electron chi connectivity index (χ1n) is 5.54. The fourth-order valence-electron chi connectivity index (χ4n) is 2.24. The summed E-state index contributed by atoms with van der Waals surface area (Å²) in [5.74, 6) is 0.369. The Morgan fingerprint density at radius 1 is 1.29 bits per heavy atom. The highest BCUT2D eigenvalue weighted by Crippen LogP contribution is 2.25. The van der Waals surface area contributed by atoms with Gasteiger partial charge in [-0.05, 0) is 32.6 Å². The van der Waals surface area contributed by atoms with E-state index < -0.39 is 0 Å². The van der Waals surface area contributed by atoms with Crippen LogP contribution in [0.25, 0.3) is 0 Å². The highest BCUT2D eigenvalue weighted by molar-refractivity contribution is 5.85. The second kappa shape index (κ2) is 4.41. The van der Waals surface area contributed by atoms with Crippen molar-refractivity contribution in [1.82, 2.24) is 0 Å². The molecule has 3 unspecified atom stereocenters. The second-order valence-corrected chi connectivity index (χ2v) is 4.33. The number of carbonyl (C=O) groups is 1. The molecule has 0 N–H and O–H groups in total. The summed E-state index contributed by atoms with van der Waals surface area (Å²) in [4.78, 5) is 11.9. The number of hydrogen-bond acceptors (Lipinski definition) is 3.